The fraction of sp³-hybridized carbons (Fsp3) is 0.750. The molecule has 0 aromatic carbocycles. The molecular weight excluding hydrogens is 282 g/mol. The molecule has 1 aromatic heterocycles. The second-order valence-electron chi connectivity index (χ2n) is 5.23. The Balaban J connectivity index is 2.06. The molecule has 2 unspecified atom stereocenters. The first-order valence-corrected chi connectivity index (χ1v) is 8.11. The van der Waals surface area contributed by atoms with Crippen molar-refractivity contribution in [3.63, 3.8) is 0 Å². The van der Waals surface area contributed by atoms with Gasteiger partial charge in [-0.05, 0) is 51.1 Å². The minimum atomic E-state index is -0.783. The molecule has 1 heterocycles. The van der Waals surface area contributed by atoms with Crippen LogP contribution in [0.5, 0.6) is 0 Å². The van der Waals surface area contributed by atoms with E-state index in [1.165, 1.54) is 11.5 Å². The molecule has 1 saturated carbocycles. The van der Waals surface area contributed by atoms with Crippen LogP contribution in [0.15, 0.2) is 10.7 Å². The van der Waals surface area contributed by atoms with E-state index in [0.717, 1.165) is 17.2 Å². The maximum atomic E-state index is 11.7. The lowest BCUT2D eigenvalue weighted by molar-refractivity contribution is -0.146. The maximum absolute atomic E-state index is 11.7. The minimum Gasteiger partial charge on any atom is -0.480 e. The smallest absolute Gasteiger partial charge is 0.323 e. The quantitative estimate of drug-likeness (QED) is 0.870. The molecule has 2 atom stereocenters. The molecule has 106 valence electrons. The zero-order valence-electron chi connectivity index (χ0n) is 11.1. The number of nitrogens with one attached hydrogen (secondary N) is 1. The van der Waals surface area contributed by atoms with Crippen LogP contribution in [-0.2, 0) is 4.79 Å². The zero-order valence-corrected chi connectivity index (χ0v) is 12.8. The molecule has 1 aliphatic carbocycles. The van der Waals surface area contributed by atoms with Gasteiger partial charge in [-0.3, -0.25) is 10.1 Å². The van der Waals surface area contributed by atoms with Crippen LogP contribution in [0.2, 0.25) is 0 Å². The Labute approximate surface area is 121 Å². The molecule has 0 spiro atoms. The Morgan fingerprint density at radius 3 is 3.05 bits per heavy atom. The summed E-state index contributed by atoms with van der Waals surface area (Å²) in [6.45, 7) is 3.98. The first-order chi connectivity index (χ1) is 9.02. The fourth-order valence-corrected chi connectivity index (χ4v) is 4.66. The van der Waals surface area contributed by atoms with Crippen molar-refractivity contribution in [3.8, 4) is 0 Å². The van der Waals surface area contributed by atoms with Gasteiger partial charge in [0.2, 0.25) is 0 Å². The lowest BCUT2D eigenvalue weighted by atomic mass is 9.81. The predicted molar refractivity (Wildman–Crippen MR) is 76.7 cm³/mol. The number of rotatable bonds is 5. The van der Waals surface area contributed by atoms with E-state index in [1.54, 1.807) is 18.1 Å². The van der Waals surface area contributed by atoms with Crippen molar-refractivity contribution in [2.24, 2.45) is 0 Å². The van der Waals surface area contributed by atoms with Crippen molar-refractivity contribution >= 4 is 29.3 Å². The van der Waals surface area contributed by atoms with E-state index < -0.39 is 11.5 Å². The standard InChI is InChI=1S/C12H19N3O2S2/c1-8(2)15-12(10(16)17)5-3-4-9(6-12)18-11-13-7-14-19-11/h7-9,15H,3-6H2,1-2H3,(H,16,17). The zero-order chi connectivity index (χ0) is 13.9. The molecule has 0 bridgehead atoms. The van der Waals surface area contributed by atoms with Gasteiger partial charge in [0.25, 0.3) is 0 Å². The number of aliphatic carboxylic acids is 1. The number of aromatic nitrogens is 2. The first-order valence-electron chi connectivity index (χ1n) is 6.46. The molecule has 1 aromatic rings. The van der Waals surface area contributed by atoms with Crippen molar-refractivity contribution in [3.05, 3.63) is 6.33 Å². The largest absolute Gasteiger partial charge is 0.480 e. The third-order valence-corrected chi connectivity index (χ3v) is 5.31. The second-order valence-corrected chi connectivity index (χ2v) is 7.56. The van der Waals surface area contributed by atoms with Gasteiger partial charge in [0.1, 0.15) is 11.9 Å². The van der Waals surface area contributed by atoms with Gasteiger partial charge in [0, 0.05) is 11.3 Å². The molecule has 1 fully saturated rings. The molecule has 2 rings (SSSR count). The summed E-state index contributed by atoms with van der Waals surface area (Å²) >= 11 is 3.03. The van der Waals surface area contributed by atoms with Gasteiger partial charge in [-0.2, -0.15) is 4.37 Å². The molecule has 0 saturated heterocycles. The predicted octanol–water partition coefficient (Wildman–Crippen LogP) is 2.39. The third-order valence-electron chi connectivity index (χ3n) is 3.29. The summed E-state index contributed by atoms with van der Waals surface area (Å²) < 4.78 is 4.91. The number of nitrogens with zero attached hydrogens (tertiary/aromatic N) is 2. The molecule has 2 N–H and O–H groups in total. The Hall–Kier alpha value is -0.660. The molecule has 1 aliphatic rings. The monoisotopic (exact) mass is 301 g/mol. The van der Waals surface area contributed by atoms with Gasteiger partial charge < -0.3 is 5.11 Å². The van der Waals surface area contributed by atoms with Crippen molar-refractivity contribution in [2.75, 3.05) is 0 Å². The number of carbonyl (C=O) groups is 1. The van der Waals surface area contributed by atoms with Gasteiger partial charge >= 0.3 is 5.97 Å². The number of carboxylic acids is 1. The summed E-state index contributed by atoms with van der Waals surface area (Å²) in [7, 11) is 0. The normalized spacial score (nSPS) is 27.6. The lowest BCUT2D eigenvalue weighted by Crippen LogP contribution is -2.57. The SMILES string of the molecule is CC(C)NC1(C(=O)O)CCCC(Sc2ncns2)C1. The fourth-order valence-electron chi connectivity index (χ4n) is 2.62. The van der Waals surface area contributed by atoms with E-state index >= 15 is 0 Å². The van der Waals surface area contributed by atoms with Crippen LogP contribution in [0.4, 0.5) is 0 Å². The van der Waals surface area contributed by atoms with E-state index in [4.69, 9.17) is 0 Å². The molecule has 0 aliphatic heterocycles. The summed E-state index contributed by atoms with van der Waals surface area (Å²) in [5.41, 5.74) is -0.783. The minimum absolute atomic E-state index is 0.168. The Morgan fingerprint density at radius 1 is 1.68 bits per heavy atom. The van der Waals surface area contributed by atoms with Crippen LogP contribution < -0.4 is 5.32 Å². The average molecular weight is 301 g/mol. The van der Waals surface area contributed by atoms with Crippen molar-refractivity contribution in [2.45, 2.75) is 60.7 Å². The topological polar surface area (TPSA) is 75.1 Å². The Bertz CT molecular complexity index is 425. The maximum Gasteiger partial charge on any atom is 0.323 e. The molecule has 0 amide bonds. The van der Waals surface area contributed by atoms with Gasteiger partial charge in [0.15, 0.2) is 4.34 Å². The van der Waals surface area contributed by atoms with E-state index in [0.29, 0.717) is 18.1 Å². The van der Waals surface area contributed by atoms with Gasteiger partial charge in [0.05, 0.1) is 0 Å². The third kappa shape index (κ3) is 3.67. The highest BCUT2D eigenvalue weighted by Gasteiger charge is 2.43. The number of hydrogen-bond donors (Lipinski definition) is 2. The highest BCUT2D eigenvalue weighted by molar-refractivity contribution is 8.01. The molecule has 7 heteroatoms. The number of thioether (sulfide) groups is 1. The summed E-state index contributed by atoms with van der Waals surface area (Å²) in [6.07, 6.45) is 4.87. The summed E-state index contributed by atoms with van der Waals surface area (Å²) in [6, 6.07) is 0.168. The highest BCUT2D eigenvalue weighted by Crippen LogP contribution is 2.39. The summed E-state index contributed by atoms with van der Waals surface area (Å²) in [5, 5.41) is 13.1. The van der Waals surface area contributed by atoms with Crippen molar-refractivity contribution in [1.29, 1.82) is 0 Å². The van der Waals surface area contributed by atoms with Crippen LogP contribution >= 0.6 is 23.3 Å². The molecule has 19 heavy (non-hydrogen) atoms. The van der Waals surface area contributed by atoms with Gasteiger partial charge in [-0.1, -0.05) is 11.8 Å². The number of carboxylic acid groups (broad SMARTS) is 1. The Kier molecular flexibility index (Phi) is 4.81. The Morgan fingerprint density at radius 2 is 2.47 bits per heavy atom. The molecule has 5 nitrogen and oxygen atoms in total. The summed E-state index contributed by atoms with van der Waals surface area (Å²) in [5.74, 6) is -0.733. The highest BCUT2D eigenvalue weighted by atomic mass is 32.2. The van der Waals surface area contributed by atoms with Crippen LogP contribution in [0, 0.1) is 0 Å². The van der Waals surface area contributed by atoms with Crippen LogP contribution in [-0.4, -0.2) is 37.3 Å². The first kappa shape index (κ1) is 14.7. The molecule has 0 radical (unpaired) electrons. The second kappa shape index (κ2) is 6.19. The van der Waals surface area contributed by atoms with E-state index in [-0.39, 0.29) is 6.04 Å². The number of hydrogen-bond acceptors (Lipinski definition) is 6. The van der Waals surface area contributed by atoms with Crippen LogP contribution in [0.3, 0.4) is 0 Å². The van der Waals surface area contributed by atoms with Crippen molar-refractivity contribution < 1.29 is 9.90 Å². The van der Waals surface area contributed by atoms with Crippen LogP contribution in [0.25, 0.3) is 0 Å². The lowest BCUT2D eigenvalue weighted by Gasteiger charge is -2.39. The van der Waals surface area contributed by atoms with E-state index in [1.807, 2.05) is 13.8 Å². The van der Waals surface area contributed by atoms with Gasteiger partial charge in [-0.15, -0.1) is 0 Å². The summed E-state index contributed by atoms with van der Waals surface area (Å²) in [4.78, 5) is 15.8. The average Bonchev–Trinajstić information content (AvgIpc) is 2.81. The molecular formula is C12H19N3O2S2. The van der Waals surface area contributed by atoms with E-state index in [2.05, 4.69) is 14.7 Å². The van der Waals surface area contributed by atoms with Crippen LogP contribution in [0.1, 0.15) is 39.5 Å². The van der Waals surface area contributed by atoms with E-state index in [9.17, 15) is 9.90 Å². The van der Waals surface area contributed by atoms with Crippen molar-refractivity contribution in [1.82, 2.24) is 14.7 Å². The van der Waals surface area contributed by atoms with Gasteiger partial charge in [-0.25, -0.2) is 4.98 Å².